The van der Waals surface area contributed by atoms with Crippen molar-refractivity contribution >= 4 is 5.97 Å². The highest BCUT2D eigenvalue weighted by molar-refractivity contribution is 5.80. The first-order chi connectivity index (χ1) is 5.99. The maximum absolute atomic E-state index is 11.4. The highest BCUT2D eigenvalue weighted by Gasteiger charge is 2.37. The van der Waals surface area contributed by atoms with Gasteiger partial charge in [-0.25, -0.2) is 0 Å². The number of unbranched alkanes of at least 4 members (excludes halogenated alkanes) is 1. The van der Waals surface area contributed by atoms with Crippen LogP contribution >= 0.6 is 0 Å². The molecular weight excluding hydrogens is 166 g/mol. The summed E-state index contributed by atoms with van der Waals surface area (Å²) in [6.07, 6.45) is 2.71. The Kier molecular flexibility index (Phi) is 4.99. The Morgan fingerprint density at radius 3 is 2.38 bits per heavy atom. The second-order valence-electron chi connectivity index (χ2n) is 3.79. The van der Waals surface area contributed by atoms with E-state index in [9.17, 15) is 4.79 Å². The second kappa shape index (κ2) is 5.22. The van der Waals surface area contributed by atoms with Gasteiger partial charge in [-0.1, -0.05) is 33.6 Å². The molecule has 0 aliphatic rings. The zero-order chi connectivity index (χ0) is 10.5. The van der Waals surface area contributed by atoms with E-state index in [2.05, 4.69) is 6.92 Å². The molecule has 1 atom stereocenters. The molecule has 13 heavy (non-hydrogen) atoms. The van der Waals surface area contributed by atoms with Gasteiger partial charge in [0.2, 0.25) is 0 Å². The molecule has 0 radical (unpaired) electrons. The predicted octanol–water partition coefficient (Wildman–Crippen LogP) is 1.70. The molecule has 0 fully saturated rings. The van der Waals surface area contributed by atoms with Crippen molar-refractivity contribution in [2.75, 3.05) is 7.11 Å². The van der Waals surface area contributed by atoms with Gasteiger partial charge in [0.05, 0.1) is 7.11 Å². The molecule has 0 unspecified atom stereocenters. The molecule has 2 N–H and O–H groups in total. The van der Waals surface area contributed by atoms with E-state index in [-0.39, 0.29) is 11.9 Å². The fourth-order valence-electron chi connectivity index (χ4n) is 1.29. The molecule has 3 nitrogen and oxygen atoms in total. The average Bonchev–Trinajstić information content (AvgIpc) is 2.12. The summed E-state index contributed by atoms with van der Waals surface area (Å²) in [5, 5.41) is 0. The van der Waals surface area contributed by atoms with Gasteiger partial charge in [-0.15, -0.1) is 0 Å². The van der Waals surface area contributed by atoms with Crippen molar-refractivity contribution in [1.29, 1.82) is 0 Å². The van der Waals surface area contributed by atoms with Crippen molar-refractivity contribution < 1.29 is 9.53 Å². The molecule has 0 saturated heterocycles. The van der Waals surface area contributed by atoms with Crippen LogP contribution in [0.1, 0.15) is 40.0 Å². The summed E-state index contributed by atoms with van der Waals surface area (Å²) in [5.41, 5.74) is 5.21. The van der Waals surface area contributed by atoms with Crippen LogP contribution in [0, 0.1) is 5.92 Å². The van der Waals surface area contributed by atoms with Crippen LogP contribution in [0.25, 0.3) is 0 Å². The van der Waals surface area contributed by atoms with Crippen LogP contribution in [0.4, 0.5) is 0 Å². The molecule has 0 amide bonds. The van der Waals surface area contributed by atoms with Gasteiger partial charge >= 0.3 is 5.97 Å². The summed E-state index contributed by atoms with van der Waals surface area (Å²) >= 11 is 0. The van der Waals surface area contributed by atoms with Crippen LogP contribution in [0.5, 0.6) is 0 Å². The normalized spacial score (nSPS) is 15.5. The lowest BCUT2D eigenvalue weighted by Crippen LogP contribution is -2.53. The van der Waals surface area contributed by atoms with Crippen LogP contribution in [-0.4, -0.2) is 18.6 Å². The van der Waals surface area contributed by atoms with E-state index in [0.29, 0.717) is 6.42 Å². The molecule has 0 bridgehead atoms. The van der Waals surface area contributed by atoms with Gasteiger partial charge in [0, 0.05) is 0 Å². The van der Waals surface area contributed by atoms with Crippen LogP contribution in [-0.2, 0) is 9.53 Å². The monoisotopic (exact) mass is 187 g/mol. The number of esters is 1. The Hall–Kier alpha value is -0.570. The third-order valence-electron chi connectivity index (χ3n) is 2.54. The summed E-state index contributed by atoms with van der Waals surface area (Å²) in [4.78, 5) is 11.4. The highest BCUT2D eigenvalue weighted by atomic mass is 16.5. The van der Waals surface area contributed by atoms with Crippen LogP contribution in [0.3, 0.4) is 0 Å². The van der Waals surface area contributed by atoms with E-state index < -0.39 is 5.54 Å². The number of nitrogens with two attached hydrogens (primary N) is 1. The third-order valence-corrected chi connectivity index (χ3v) is 2.54. The Morgan fingerprint density at radius 2 is 2.08 bits per heavy atom. The topological polar surface area (TPSA) is 52.3 Å². The van der Waals surface area contributed by atoms with E-state index in [1.807, 2.05) is 13.8 Å². The minimum atomic E-state index is -0.801. The molecule has 0 rings (SSSR count). The van der Waals surface area contributed by atoms with Gasteiger partial charge in [-0.2, -0.15) is 0 Å². The van der Waals surface area contributed by atoms with Crippen molar-refractivity contribution in [3.8, 4) is 0 Å². The Labute approximate surface area is 80.6 Å². The Morgan fingerprint density at radius 1 is 1.54 bits per heavy atom. The van der Waals surface area contributed by atoms with E-state index in [0.717, 1.165) is 12.8 Å². The summed E-state index contributed by atoms with van der Waals surface area (Å²) in [7, 11) is 1.39. The summed E-state index contributed by atoms with van der Waals surface area (Å²) < 4.78 is 4.71. The van der Waals surface area contributed by atoms with Gasteiger partial charge in [-0.3, -0.25) is 4.79 Å². The fourth-order valence-corrected chi connectivity index (χ4v) is 1.29. The first kappa shape index (κ1) is 12.4. The van der Waals surface area contributed by atoms with Gasteiger partial charge in [-0.05, 0) is 12.3 Å². The predicted molar refractivity (Wildman–Crippen MR) is 53.3 cm³/mol. The number of ether oxygens (including phenoxy) is 1. The molecule has 78 valence electrons. The van der Waals surface area contributed by atoms with Crippen molar-refractivity contribution in [2.24, 2.45) is 11.7 Å². The van der Waals surface area contributed by atoms with Crippen molar-refractivity contribution in [3.05, 3.63) is 0 Å². The van der Waals surface area contributed by atoms with Gasteiger partial charge in [0.15, 0.2) is 0 Å². The van der Waals surface area contributed by atoms with E-state index in [1.54, 1.807) is 0 Å². The number of hydrogen-bond donors (Lipinski definition) is 1. The van der Waals surface area contributed by atoms with Gasteiger partial charge < -0.3 is 10.5 Å². The molecule has 0 aromatic rings. The maximum atomic E-state index is 11.4. The van der Waals surface area contributed by atoms with E-state index in [4.69, 9.17) is 10.5 Å². The van der Waals surface area contributed by atoms with Gasteiger partial charge in [0.25, 0.3) is 0 Å². The van der Waals surface area contributed by atoms with Crippen LogP contribution < -0.4 is 5.73 Å². The minimum absolute atomic E-state index is 0.117. The molecule has 0 aliphatic carbocycles. The molecule has 0 spiro atoms. The fraction of sp³-hybridized carbons (Fsp3) is 0.900. The van der Waals surface area contributed by atoms with Crippen LogP contribution in [0.15, 0.2) is 0 Å². The number of carbonyl (C=O) groups excluding carboxylic acids is 1. The molecule has 3 heteroatoms. The molecule has 0 saturated carbocycles. The Balaban J connectivity index is 4.43. The largest absolute Gasteiger partial charge is 0.468 e. The van der Waals surface area contributed by atoms with Crippen molar-refractivity contribution in [1.82, 2.24) is 0 Å². The zero-order valence-corrected chi connectivity index (χ0v) is 9.09. The van der Waals surface area contributed by atoms with Gasteiger partial charge in [0.1, 0.15) is 5.54 Å². The number of methoxy groups -OCH3 is 1. The lowest BCUT2D eigenvalue weighted by Gasteiger charge is -2.30. The average molecular weight is 187 g/mol. The lowest BCUT2D eigenvalue weighted by molar-refractivity contribution is -0.149. The smallest absolute Gasteiger partial charge is 0.326 e. The van der Waals surface area contributed by atoms with E-state index in [1.165, 1.54) is 7.11 Å². The number of carbonyl (C=O) groups is 1. The first-order valence-electron chi connectivity index (χ1n) is 4.86. The standard InChI is InChI=1S/C10H21NO2/c1-5-6-7-10(11,8(2)3)9(12)13-4/h8H,5-7,11H2,1-4H3/t10-/m1/s1. The molecule has 0 aliphatic heterocycles. The second-order valence-corrected chi connectivity index (χ2v) is 3.79. The van der Waals surface area contributed by atoms with E-state index >= 15 is 0 Å². The number of hydrogen-bond acceptors (Lipinski definition) is 3. The molecule has 0 heterocycles. The summed E-state index contributed by atoms with van der Waals surface area (Å²) in [6.45, 7) is 5.98. The third kappa shape index (κ3) is 2.99. The summed E-state index contributed by atoms with van der Waals surface area (Å²) in [6, 6.07) is 0. The zero-order valence-electron chi connectivity index (χ0n) is 9.09. The molecular formula is C10H21NO2. The summed E-state index contributed by atoms with van der Waals surface area (Å²) in [5.74, 6) is -0.178. The van der Waals surface area contributed by atoms with Crippen molar-refractivity contribution in [2.45, 2.75) is 45.6 Å². The minimum Gasteiger partial charge on any atom is -0.468 e. The maximum Gasteiger partial charge on any atom is 0.326 e. The Bertz CT molecular complexity index is 168. The highest BCUT2D eigenvalue weighted by Crippen LogP contribution is 2.22. The molecule has 0 aromatic heterocycles. The number of rotatable bonds is 5. The quantitative estimate of drug-likeness (QED) is 0.666. The lowest BCUT2D eigenvalue weighted by atomic mass is 9.83. The van der Waals surface area contributed by atoms with Crippen molar-refractivity contribution in [3.63, 3.8) is 0 Å². The first-order valence-corrected chi connectivity index (χ1v) is 4.86. The molecule has 0 aromatic carbocycles. The van der Waals surface area contributed by atoms with Crippen LogP contribution in [0.2, 0.25) is 0 Å². The SMILES string of the molecule is CCCC[C@](N)(C(=O)OC)C(C)C.